The zero-order valence-corrected chi connectivity index (χ0v) is 7.77. The van der Waals surface area contributed by atoms with Crippen molar-refractivity contribution < 1.29 is 0 Å². The van der Waals surface area contributed by atoms with E-state index in [4.69, 9.17) is 5.26 Å². The molecule has 1 N–H and O–H groups in total. The quantitative estimate of drug-likeness (QED) is 0.749. The van der Waals surface area contributed by atoms with Gasteiger partial charge in [-0.25, -0.2) is 4.98 Å². The highest BCUT2D eigenvalue weighted by atomic mass is 16.1. The van der Waals surface area contributed by atoms with Crippen LogP contribution in [0.3, 0.4) is 0 Å². The van der Waals surface area contributed by atoms with Gasteiger partial charge < -0.3 is 4.98 Å². The van der Waals surface area contributed by atoms with Gasteiger partial charge in [0, 0.05) is 5.56 Å². The molecule has 0 aliphatic carbocycles. The monoisotopic (exact) mass is 197 g/mol. The number of nitrogens with zero attached hydrogens (tertiary/aromatic N) is 2. The van der Waals surface area contributed by atoms with Crippen molar-refractivity contribution in [3.8, 4) is 17.3 Å². The summed E-state index contributed by atoms with van der Waals surface area (Å²) >= 11 is 0. The number of nitrogens with one attached hydrogen (secondary N) is 1. The molecular formula is C11H7N3O. The van der Waals surface area contributed by atoms with Crippen LogP contribution in [0.5, 0.6) is 0 Å². The molecule has 0 saturated heterocycles. The normalized spacial score (nSPS) is 9.53. The first-order chi connectivity index (χ1) is 7.33. The lowest BCUT2D eigenvalue weighted by Gasteiger charge is -2.00. The molecule has 0 aliphatic rings. The summed E-state index contributed by atoms with van der Waals surface area (Å²) in [5.74, 6) is 0. The van der Waals surface area contributed by atoms with Crippen molar-refractivity contribution in [1.29, 1.82) is 5.26 Å². The zero-order chi connectivity index (χ0) is 10.7. The van der Waals surface area contributed by atoms with Gasteiger partial charge in [-0.05, 0) is 0 Å². The van der Waals surface area contributed by atoms with Gasteiger partial charge in [-0.2, -0.15) is 5.26 Å². The van der Waals surface area contributed by atoms with Crippen molar-refractivity contribution in [2.45, 2.75) is 0 Å². The first-order valence-corrected chi connectivity index (χ1v) is 4.36. The van der Waals surface area contributed by atoms with Gasteiger partial charge in [-0.15, -0.1) is 0 Å². The van der Waals surface area contributed by atoms with E-state index in [2.05, 4.69) is 9.97 Å². The summed E-state index contributed by atoms with van der Waals surface area (Å²) in [5, 5.41) is 8.85. The molecule has 0 bridgehead atoms. The fourth-order valence-electron chi connectivity index (χ4n) is 1.32. The van der Waals surface area contributed by atoms with Gasteiger partial charge in [0.05, 0.1) is 12.0 Å². The van der Waals surface area contributed by atoms with E-state index >= 15 is 0 Å². The summed E-state index contributed by atoms with van der Waals surface area (Å²) in [4.78, 5) is 17.7. The lowest BCUT2D eigenvalue weighted by atomic mass is 10.1. The maximum absolute atomic E-state index is 11.3. The van der Waals surface area contributed by atoms with Crippen molar-refractivity contribution in [3.63, 3.8) is 0 Å². The number of aromatic nitrogens is 2. The number of rotatable bonds is 1. The van der Waals surface area contributed by atoms with E-state index < -0.39 is 5.56 Å². The van der Waals surface area contributed by atoms with Crippen molar-refractivity contribution >= 4 is 0 Å². The lowest BCUT2D eigenvalue weighted by molar-refractivity contribution is 1.11. The maximum Gasteiger partial charge on any atom is 0.269 e. The summed E-state index contributed by atoms with van der Waals surface area (Å²) in [6.07, 6.45) is 1.30. The van der Waals surface area contributed by atoms with E-state index in [1.165, 1.54) is 6.33 Å². The average molecular weight is 197 g/mol. The summed E-state index contributed by atoms with van der Waals surface area (Å²) in [7, 11) is 0. The molecule has 0 amide bonds. The first-order valence-electron chi connectivity index (χ1n) is 4.36. The number of benzene rings is 1. The molecule has 72 valence electrons. The van der Waals surface area contributed by atoms with E-state index in [9.17, 15) is 4.79 Å². The van der Waals surface area contributed by atoms with Crippen LogP contribution in [0.15, 0.2) is 41.5 Å². The van der Waals surface area contributed by atoms with Crippen LogP contribution in [0.4, 0.5) is 0 Å². The molecule has 0 radical (unpaired) electrons. The number of aromatic amines is 1. The van der Waals surface area contributed by atoms with Gasteiger partial charge in [0.1, 0.15) is 11.6 Å². The zero-order valence-electron chi connectivity index (χ0n) is 7.77. The Balaban J connectivity index is 2.70. The molecule has 1 aromatic carbocycles. The van der Waals surface area contributed by atoms with Crippen LogP contribution in [0.2, 0.25) is 0 Å². The van der Waals surface area contributed by atoms with E-state index in [1.54, 1.807) is 0 Å². The smallest absolute Gasteiger partial charge is 0.269 e. The number of hydrogen-bond acceptors (Lipinski definition) is 3. The Morgan fingerprint density at radius 1 is 1.27 bits per heavy atom. The van der Waals surface area contributed by atoms with Crippen molar-refractivity contribution in [3.05, 3.63) is 52.6 Å². The third-order valence-corrected chi connectivity index (χ3v) is 2.01. The van der Waals surface area contributed by atoms with Gasteiger partial charge in [-0.1, -0.05) is 30.3 Å². The highest BCUT2D eigenvalue weighted by Gasteiger charge is 2.08. The Kier molecular flexibility index (Phi) is 2.30. The Bertz CT molecular complexity index is 566. The molecule has 1 aromatic heterocycles. The van der Waals surface area contributed by atoms with Crippen LogP contribution in [-0.2, 0) is 0 Å². The molecule has 0 atom stereocenters. The molecular weight excluding hydrogens is 190 g/mol. The number of H-pyrrole nitrogens is 1. The minimum Gasteiger partial charge on any atom is -0.312 e. The molecule has 4 nitrogen and oxygen atoms in total. The lowest BCUT2D eigenvalue weighted by Crippen LogP contribution is -2.12. The first kappa shape index (κ1) is 9.16. The second-order valence-electron chi connectivity index (χ2n) is 2.93. The second kappa shape index (κ2) is 3.76. The predicted molar refractivity (Wildman–Crippen MR) is 55.0 cm³/mol. The van der Waals surface area contributed by atoms with Crippen molar-refractivity contribution in [2.75, 3.05) is 0 Å². The second-order valence-corrected chi connectivity index (χ2v) is 2.93. The molecule has 4 heteroatoms. The van der Waals surface area contributed by atoms with Gasteiger partial charge in [0.15, 0.2) is 0 Å². The minimum absolute atomic E-state index is 0.0451. The predicted octanol–water partition coefficient (Wildman–Crippen LogP) is 1.31. The molecule has 15 heavy (non-hydrogen) atoms. The van der Waals surface area contributed by atoms with Gasteiger partial charge >= 0.3 is 0 Å². The van der Waals surface area contributed by atoms with Crippen molar-refractivity contribution in [2.24, 2.45) is 0 Å². The summed E-state index contributed by atoms with van der Waals surface area (Å²) in [6.45, 7) is 0. The van der Waals surface area contributed by atoms with Crippen LogP contribution in [0.1, 0.15) is 5.56 Å². The molecule has 0 fully saturated rings. The van der Waals surface area contributed by atoms with Gasteiger partial charge in [0.25, 0.3) is 5.56 Å². The highest BCUT2D eigenvalue weighted by molar-refractivity contribution is 5.65. The van der Waals surface area contributed by atoms with Gasteiger partial charge in [0.2, 0.25) is 0 Å². The van der Waals surface area contributed by atoms with Crippen LogP contribution in [0, 0.1) is 11.3 Å². The largest absolute Gasteiger partial charge is 0.312 e. The topological polar surface area (TPSA) is 69.5 Å². The molecule has 2 rings (SSSR count). The number of nitriles is 1. The summed E-state index contributed by atoms with van der Waals surface area (Å²) in [5.41, 5.74) is 0.817. The highest BCUT2D eigenvalue weighted by Crippen LogP contribution is 2.16. The van der Waals surface area contributed by atoms with E-state index in [0.717, 1.165) is 5.56 Å². The third-order valence-electron chi connectivity index (χ3n) is 2.01. The van der Waals surface area contributed by atoms with Gasteiger partial charge in [-0.3, -0.25) is 4.79 Å². The molecule has 0 spiro atoms. The van der Waals surface area contributed by atoms with E-state index in [-0.39, 0.29) is 5.56 Å². The van der Waals surface area contributed by atoms with Crippen LogP contribution in [0.25, 0.3) is 11.3 Å². The Morgan fingerprint density at radius 3 is 2.67 bits per heavy atom. The molecule has 2 aromatic rings. The number of hydrogen-bond donors (Lipinski definition) is 1. The minimum atomic E-state index is -0.411. The third kappa shape index (κ3) is 1.63. The maximum atomic E-state index is 11.3. The Labute approximate surface area is 85.8 Å². The van der Waals surface area contributed by atoms with E-state index in [0.29, 0.717) is 5.69 Å². The van der Waals surface area contributed by atoms with Crippen LogP contribution in [-0.4, -0.2) is 9.97 Å². The molecule has 0 saturated carbocycles. The molecule has 1 heterocycles. The Morgan fingerprint density at radius 2 is 2.00 bits per heavy atom. The standard InChI is InChI=1S/C11H7N3O/c12-6-9-10(13-7-14-11(9)15)8-4-2-1-3-5-8/h1-5,7H,(H,13,14,15). The van der Waals surface area contributed by atoms with Crippen molar-refractivity contribution in [1.82, 2.24) is 9.97 Å². The summed E-state index contributed by atoms with van der Waals surface area (Å²) in [6, 6.07) is 11.0. The molecule has 0 aliphatic heterocycles. The fourth-order valence-corrected chi connectivity index (χ4v) is 1.32. The van der Waals surface area contributed by atoms with Crippen LogP contribution < -0.4 is 5.56 Å². The fraction of sp³-hybridized carbons (Fsp3) is 0. The molecule has 0 unspecified atom stereocenters. The SMILES string of the molecule is N#Cc1c(-c2ccccc2)nc[nH]c1=O. The average Bonchev–Trinajstić information content (AvgIpc) is 2.30. The van der Waals surface area contributed by atoms with E-state index in [1.807, 2.05) is 36.4 Å². The van der Waals surface area contributed by atoms with Crippen LogP contribution >= 0.6 is 0 Å². The summed E-state index contributed by atoms with van der Waals surface area (Å²) < 4.78 is 0. The Hall–Kier alpha value is -2.41.